The third kappa shape index (κ3) is 11.9. The first kappa shape index (κ1) is 41.1. The standard InChI is InChI=1S/C37H44N4O4.2C3H8/c1-5-27(3)33(6-2)34-15-11-29(37(42)38-43)24-36(34)39(4)25-28-9-13-32(14-10-28)45-26-30-23-31(40-17-7-8-18-40)12-16-35(30)41-19-21-44-22-20-41;2*1-3-2/h2,9-16,23-24,27,33H,5,7-8,17-22,25-26H2,1,3-4H3;2*3H2,1-2H3. The Hall–Kier alpha value is -4.35. The van der Waals surface area contributed by atoms with E-state index in [0.717, 1.165) is 68.4 Å². The predicted molar refractivity (Wildman–Crippen MR) is 213 cm³/mol. The second-order valence-electron chi connectivity index (χ2n) is 13.5. The van der Waals surface area contributed by atoms with Crippen LogP contribution in [0, 0.1) is 23.2 Å². The van der Waals surface area contributed by atoms with Crippen LogP contribution in [0.3, 0.4) is 0 Å². The molecule has 0 radical (unpaired) electrons. The first-order chi connectivity index (χ1) is 24.7. The number of morpholine rings is 1. The number of hydrogen-bond acceptors (Lipinski definition) is 7. The van der Waals surface area contributed by atoms with Gasteiger partial charge in [0, 0.05) is 79.1 Å². The number of hydrogen-bond donors (Lipinski definition) is 0. The molecule has 276 valence electrons. The highest BCUT2D eigenvalue weighted by molar-refractivity contribution is 5.96. The SMILES string of the molecule is C#CC(c1ccc(C(=O)N=O)cc1N(C)Cc1ccc(OCc2cc(N3CCCC3)ccc2N2CCOCC2)cc1)C(C)CC.CCC.CCC. The molecular weight excluding hydrogens is 636 g/mol. The fourth-order valence-corrected chi connectivity index (χ4v) is 6.30. The van der Waals surface area contributed by atoms with E-state index in [4.69, 9.17) is 15.9 Å². The minimum Gasteiger partial charge on any atom is -0.489 e. The summed E-state index contributed by atoms with van der Waals surface area (Å²) in [5, 5.41) is 2.62. The van der Waals surface area contributed by atoms with Crippen molar-refractivity contribution in [1.82, 2.24) is 0 Å². The van der Waals surface area contributed by atoms with Crippen molar-refractivity contribution >= 4 is 23.0 Å². The molecule has 0 aromatic heterocycles. The second kappa shape index (κ2) is 21.8. The van der Waals surface area contributed by atoms with Gasteiger partial charge in [-0.2, -0.15) is 0 Å². The Labute approximate surface area is 307 Å². The van der Waals surface area contributed by atoms with E-state index in [-0.39, 0.29) is 17.4 Å². The molecular formula is C43H60N4O4. The van der Waals surface area contributed by atoms with Gasteiger partial charge in [-0.05, 0) is 72.4 Å². The zero-order chi connectivity index (χ0) is 37.2. The lowest BCUT2D eigenvalue weighted by Crippen LogP contribution is -2.37. The number of nitrogens with zero attached hydrogens (tertiary/aromatic N) is 4. The number of carbonyl (C=O) groups is 1. The lowest BCUT2D eigenvalue weighted by molar-refractivity contribution is 0.100. The summed E-state index contributed by atoms with van der Waals surface area (Å²) >= 11 is 0. The fourth-order valence-electron chi connectivity index (χ4n) is 6.30. The molecule has 3 aromatic rings. The number of ether oxygens (including phenoxy) is 2. The van der Waals surface area contributed by atoms with Crippen molar-refractivity contribution in [2.24, 2.45) is 11.1 Å². The molecule has 2 atom stereocenters. The first-order valence-corrected chi connectivity index (χ1v) is 18.9. The largest absolute Gasteiger partial charge is 0.489 e. The molecule has 1 amide bonds. The molecule has 2 aliphatic rings. The molecule has 0 spiro atoms. The summed E-state index contributed by atoms with van der Waals surface area (Å²) in [5.41, 5.74) is 6.77. The van der Waals surface area contributed by atoms with E-state index in [1.54, 1.807) is 12.1 Å². The number of amides is 1. The normalized spacial score (nSPS) is 14.9. The maximum atomic E-state index is 12.1. The summed E-state index contributed by atoms with van der Waals surface area (Å²) in [7, 11) is 1.97. The van der Waals surface area contributed by atoms with Crippen molar-refractivity contribution in [3.63, 3.8) is 0 Å². The number of anilines is 3. The average molecular weight is 697 g/mol. The minimum absolute atomic E-state index is 0.122. The van der Waals surface area contributed by atoms with Crippen molar-refractivity contribution in [2.75, 3.05) is 61.1 Å². The van der Waals surface area contributed by atoms with Crippen LogP contribution in [0.4, 0.5) is 17.1 Å². The lowest BCUT2D eigenvalue weighted by atomic mass is 9.84. The van der Waals surface area contributed by atoms with Crippen LogP contribution >= 0.6 is 0 Å². The van der Waals surface area contributed by atoms with Crippen LogP contribution in [0.25, 0.3) is 0 Å². The van der Waals surface area contributed by atoms with Gasteiger partial charge in [0.15, 0.2) is 0 Å². The highest BCUT2D eigenvalue weighted by atomic mass is 16.5. The number of rotatable bonds is 12. The molecule has 0 saturated carbocycles. The van der Waals surface area contributed by atoms with Crippen molar-refractivity contribution in [1.29, 1.82) is 0 Å². The average Bonchev–Trinajstić information content (AvgIpc) is 3.71. The Balaban J connectivity index is 0.00000109. The van der Waals surface area contributed by atoms with Gasteiger partial charge in [-0.15, -0.1) is 11.3 Å². The molecule has 2 heterocycles. The molecule has 8 nitrogen and oxygen atoms in total. The van der Waals surface area contributed by atoms with E-state index in [2.05, 4.69) is 97.7 Å². The highest BCUT2D eigenvalue weighted by Crippen LogP contribution is 2.35. The fraction of sp³-hybridized carbons (Fsp3) is 0.512. The molecule has 2 aliphatic heterocycles. The topological polar surface area (TPSA) is 74.7 Å². The van der Waals surface area contributed by atoms with Gasteiger partial charge >= 0.3 is 5.91 Å². The van der Waals surface area contributed by atoms with Gasteiger partial charge in [0.1, 0.15) is 12.4 Å². The molecule has 5 rings (SSSR count). The van der Waals surface area contributed by atoms with Crippen LogP contribution in [-0.2, 0) is 17.9 Å². The number of carbonyl (C=O) groups excluding carboxylic acids is 1. The molecule has 2 fully saturated rings. The van der Waals surface area contributed by atoms with Gasteiger partial charge in [-0.25, -0.2) is 0 Å². The molecule has 2 saturated heterocycles. The maximum absolute atomic E-state index is 12.1. The van der Waals surface area contributed by atoms with Crippen LogP contribution in [0.1, 0.15) is 107 Å². The van der Waals surface area contributed by atoms with Crippen LogP contribution in [0.5, 0.6) is 5.75 Å². The van der Waals surface area contributed by atoms with E-state index in [9.17, 15) is 9.70 Å². The molecule has 2 unspecified atom stereocenters. The minimum atomic E-state index is -0.791. The number of nitroso groups, excluding NO2 is 1. The Kier molecular flexibility index (Phi) is 17.5. The van der Waals surface area contributed by atoms with Crippen LogP contribution in [-0.4, -0.2) is 52.3 Å². The Bertz CT molecular complexity index is 1540. The van der Waals surface area contributed by atoms with E-state index in [0.29, 0.717) is 13.2 Å². The van der Waals surface area contributed by atoms with E-state index in [1.165, 1.54) is 42.6 Å². The molecule has 0 aliphatic carbocycles. The molecule has 8 heteroatoms. The lowest BCUT2D eigenvalue weighted by Gasteiger charge is -2.31. The van der Waals surface area contributed by atoms with Gasteiger partial charge in [-0.3, -0.25) is 4.79 Å². The molecule has 51 heavy (non-hydrogen) atoms. The highest BCUT2D eigenvalue weighted by Gasteiger charge is 2.23. The van der Waals surface area contributed by atoms with Crippen molar-refractivity contribution in [3.8, 4) is 18.1 Å². The summed E-state index contributed by atoms with van der Waals surface area (Å²) in [4.78, 5) is 30.0. The molecule has 0 N–H and O–H groups in total. The molecule has 3 aromatic carbocycles. The van der Waals surface area contributed by atoms with Crippen LogP contribution in [0.15, 0.2) is 65.8 Å². The van der Waals surface area contributed by atoms with E-state index >= 15 is 0 Å². The molecule has 0 bridgehead atoms. The van der Waals surface area contributed by atoms with E-state index < -0.39 is 5.91 Å². The third-order valence-electron chi connectivity index (χ3n) is 9.12. The zero-order valence-corrected chi connectivity index (χ0v) is 32.1. The number of terminal acetylenes is 1. The Morgan fingerprint density at radius 2 is 1.57 bits per heavy atom. The Morgan fingerprint density at radius 1 is 0.922 bits per heavy atom. The van der Waals surface area contributed by atoms with Crippen LogP contribution < -0.4 is 19.4 Å². The van der Waals surface area contributed by atoms with Crippen molar-refractivity contribution in [3.05, 3.63) is 87.8 Å². The summed E-state index contributed by atoms with van der Waals surface area (Å²) in [6, 6.07) is 20.1. The van der Waals surface area contributed by atoms with Crippen molar-refractivity contribution < 1.29 is 14.3 Å². The van der Waals surface area contributed by atoms with Gasteiger partial charge in [0.25, 0.3) is 0 Å². The number of benzene rings is 3. The summed E-state index contributed by atoms with van der Waals surface area (Å²) in [6.07, 6.45) is 11.9. The second-order valence-corrected chi connectivity index (χ2v) is 13.5. The summed E-state index contributed by atoms with van der Waals surface area (Å²) < 4.78 is 12.0. The van der Waals surface area contributed by atoms with Gasteiger partial charge in [-0.1, -0.05) is 84.9 Å². The monoisotopic (exact) mass is 696 g/mol. The first-order valence-electron chi connectivity index (χ1n) is 18.9. The van der Waals surface area contributed by atoms with Gasteiger partial charge in [0.05, 0.1) is 13.2 Å². The third-order valence-corrected chi connectivity index (χ3v) is 9.12. The van der Waals surface area contributed by atoms with E-state index in [1.807, 2.05) is 25.2 Å². The van der Waals surface area contributed by atoms with Gasteiger partial charge in [0.2, 0.25) is 0 Å². The smallest absolute Gasteiger partial charge is 0.316 e. The summed E-state index contributed by atoms with van der Waals surface area (Å²) in [5.74, 6) is 3.09. The predicted octanol–water partition coefficient (Wildman–Crippen LogP) is 9.84. The summed E-state index contributed by atoms with van der Waals surface area (Å²) in [6.45, 7) is 19.2. The van der Waals surface area contributed by atoms with Crippen LogP contribution in [0.2, 0.25) is 0 Å². The zero-order valence-electron chi connectivity index (χ0n) is 32.1. The Morgan fingerprint density at radius 3 is 2.16 bits per heavy atom. The maximum Gasteiger partial charge on any atom is 0.316 e. The van der Waals surface area contributed by atoms with Gasteiger partial charge < -0.3 is 24.2 Å². The quantitative estimate of drug-likeness (QED) is 0.138. The van der Waals surface area contributed by atoms with Crippen molar-refractivity contribution in [2.45, 2.75) is 92.7 Å².